The monoisotopic (exact) mass is 362 g/mol. The molecule has 27 heavy (non-hydrogen) atoms. The lowest BCUT2D eigenvalue weighted by molar-refractivity contribution is 0.0700. The van der Waals surface area contributed by atoms with Gasteiger partial charge in [0.15, 0.2) is 0 Å². The maximum atomic E-state index is 12.7. The van der Waals surface area contributed by atoms with Crippen molar-refractivity contribution in [1.82, 2.24) is 29.4 Å². The van der Waals surface area contributed by atoms with Crippen molar-refractivity contribution >= 4 is 5.91 Å². The molecule has 1 saturated heterocycles. The predicted octanol–water partition coefficient (Wildman–Crippen LogP) is 2.60. The van der Waals surface area contributed by atoms with Gasteiger partial charge >= 0.3 is 0 Å². The Bertz CT molecular complexity index is 952. The molecule has 0 spiro atoms. The minimum absolute atomic E-state index is 0.0216. The van der Waals surface area contributed by atoms with E-state index in [-0.39, 0.29) is 11.8 Å². The van der Waals surface area contributed by atoms with Gasteiger partial charge in [0.05, 0.1) is 23.8 Å². The summed E-state index contributed by atoms with van der Waals surface area (Å²) in [5.41, 5.74) is 3.16. The second kappa shape index (κ2) is 7.26. The number of carbonyl (C=O) groups excluding carboxylic acids is 1. The number of piperidine rings is 1. The smallest absolute Gasteiger partial charge is 0.272 e. The Kier molecular flexibility index (Phi) is 4.66. The zero-order chi connectivity index (χ0) is 18.8. The number of pyridine rings is 1. The predicted molar refractivity (Wildman–Crippen MR) is 101 cm³/mol. The summed E-state index contributed by atoms with van der Waals surface area (Å²) >= 11 is 0. The van der Waals surface area contributed by atoms with Crippen molar-refractivity contribution in [3.8, 4) is 11.4 Å². The largest absolute Gasteiger partial charge is 0.337 e. The van der Waals surface area contributed by atoms with Crippen molar-refractivity contribution in [3.05, 3.63) is 60.2 Å². The average molecular weight is 362 g/mol. The van der Waals surface area contributed by atoms with Gasteiger partial charge in [-0.1, -0.05) is 6.07 Å². The van der Waals surface area contributed by atoms with Crippen LogP contribution in [0.2, 0.25) is 0 Å². The molecule has 7 nitrogen and oxygen atoms in total. The highest BCUT2D eigenvalue weighted by Gasteiger charge is 2.27. The molecule has 138 valence electrons. The zero-order valence-corrected chi connectivity index (χ0v) is 15.5. The van der Waals surface area contributed by atoms with Crippen LogP contribution in [-0.2, 0) is 7.05 Å². The molecule has 1 amide bonds. The van der Waals surface area contributed by atoms with Crippen LogP contribution in [0.1, 0.15) is 40.8 Å². The summed E-state index contributed by atoms with van der Waals surface area (Å²) < 4.78 is 2.01. The molecule has 7 heteroatoms. The number of carbonyl (C=O) groups is 1. The van der Waals surface area contributed by atoms with Gasteiger partial charge < -0.3 is 9.47 Å². The lowest BCUT2D eigenvalue weighted by atomic mass is 9.94. The minimum atomic E-state index is -0.0216. The standard InChI is InChI=1S/C20H22N6O/c1-14-23-12-19(25(14)2)18-11-21-10-17(24-18)15-6-5-9-26(13-15)20(27)16-7-3-4-8-22-16/h3-4,7-8,10-12,15H,5-6,9,13H2,1-2H3/t15-/m0/s1. The first kappa shape index (κ1) is 17.3. The molecule has 0 N–H and O–H groups in total. The lowest BCUT2D eigenvalue weighted by Gasteiger charge is -2.32. The van der Waals surface area contributed by atoms with Crippen molar-refractivity contribution in [3.63, 3.8) is 0 Å². The van der Waals surface area contributed by atoms with Crippen molar-refractivity contribution in [1.29, 1.82) is 0 Å². The molecule has 0 aliphatic carbocycles. The normalized spacial score (nSPS) is 17.1. The Balaban J connectivity index is 1.56. The van der Waals surface area contributed by atoms with Gasteiger partial charge in [0, 0.05) is 38.4 Å². The molecule has 0 saturated carbocycles. The molecular weight excluding hydrogens is 340 g/mol. The van der Waals surface area contributed by atoms with Gasteiger partial charge in [-0.2, -0.15) is 0 Å². The fourth-order valence-electron chi connectivity index (χ4n) is 3.50. The van der Waals surface area contributed by atoms with Gasteiger partial charge in [-0.25, -0.2) is 9.97 Å². The summed E-state index contributed by atoms with van der Waals surface area (Å²) in [5, 5.41) is 0. The van der Waals surface area contributed by atoms with Crippen molar-refractivity contribution in [2.75, 3.05) is 13.1 Å². The van der Waals surface area contributed by atoms with E-state index in [0.29, 0.717) is 12.2 Å². The number of amides is 1. The Morgan fingerprint density at radius 2 is 2.07 bits per heavy atom. The van der Waals surface area contributed by atoms with Crippen molar-refractivity contribution in [2.45, 2.75) is 25.7 Å². The van der Waals surface area contributed by atoms with Crippen LogP contribution in [0.5, 0.6) is 0 Å². The highest BCUT2D eigenvalue weighted by Crippen LogP contribution is 2.27. The van der Waals surface area contributed by atoms with E-state index < -0.39 is 0 Å². The van der Waals surface area contributed by atoms with Gasteiger partial charge in [-0.3, -0.25) is 14.8 Å². The molecule has 0 bridgehead atoms. The first-order valence-electron chi connectivity index (χ1n) is 9.14. The van der Waals surface area contributed by atoms with Gasteiger partial charge in [0.1, 0.15) is 17.2 Å². The molecule has 1 aliphatic heterocycles. The third-order valence-electron chi connectivity index (χ3n) is 5.15. The number of aryl methyl sites for hydroxylation is 1. The van der Waals surface area contributed by atoms with E-state index in [2.05, 4.69) is 15.0 Å². The number of rotatable bonds is 3. The Morgan fingerprint density at radius 3 is 2.81 bits per heavy atom. The van der Waals surface area contributed by atoms with Gasteiger partial charge in [0.2, 0.25) is 0 Å². The van der Waals surface area contributed by atoms with Crippen molar-refractivity contribution in [2.24, 2.45) is 7.05 Å². The third-order valence-corrected chi connectivity index (χ3v) is 5.15. The summed E-state index contributed by atoms with van der Waals surface area (Å²) in [4.78, 5) is 32.4. The average Bonchev–Trinajstić information content (AvgIpc) is 3.07. The molecule has 3 aromatic rings. The minimum Gasteiger partial charge on any atom is -0.337 e. The summed E-state index contributed by atoms with van der Waals surface area (Å²) in [7, 11) is 1.97. The maximum absolute atomic E-state index is 12.7. The number of likely N-dealkylation sites (tertiary alicyclic amines) is 1. The molecule has 1 atom stereocenters. The van der Waals surface area contributed by atoms with E-state index in [4.69, 9.17) is 4.98 Å². The lowest BCUT2D eigenvalue weighted by Crippen LogP contribution is -2.39. The van der Waals surface area contributed by atoms with E-state index in [9.17, 15) is 4.79 Å². The Morgan fingerprint density at radius 1 is 1.19 bits per heavy atom. The summed E-state index contributed by atoms with van der Waals surface area (Å²) in [6.07, 6.45) is 8.99. The second-order valence-electron chi connectivity index (χ2n) is 6.88. The number of hydrogen-bond acceptors (Lipinski definition) is 5. The van der Waals surface area contributed by atoms with Crippen LogP contribution >= 0.6 is 0 Å². The van der Waals surface area contributed by atoms with E-state index in [1.807, 2.05) is 48.0 Å². The fourth-order valence-corrected chi connectivity index (χ4v) is 3.50. The second-order valence-corrected chi connectivity index (χ2v) is 6.88. The van der Waals surface area contributed by atoms with Gasteiger partial charge in [-0.15, -0.1) is 0 Å². The Hall–Kier alpha value is -3.09. The van der Waals surface area contributed by atoms with Gasteiger partial charge in [0.25, 0.3) is 5.91 Å². The van der Waals surface area contributed by atoms with Gasteiger partial charge in [-0.05, 0) is 31.9 Å². The molecule has 0 radical (unpaired) electrons. The summed E-state index contributed by atoms with van der Waals surface area (Å²) in [6.45, 7) is 3.35. The first-order valence-corrected chi connectivity index (χ1v) is 9.14. The van der Waals surface area contributed by atoms with Crippen LogP contribution in [0.3, 0.4) is 0 Å². The number of nitrogens with zero attached hydrogens (tertiary/aromatic N) is 6. The van der Waals surface area contributed by atoms with E-state index in [0.717, 1.165) is 42.3 Å². The first-order chi connectivity index (χ1) is 13.1. The molecule has 0 aromatic carbocycles. The zero-order valence-electron chi connectivity index (χ0n) is 15.5. The van der Waals surface area contributed by atoms with Crippen LogP contribution in [0.4, 0.5) is 0 Å². The fraction of sp³-hybridized carbons (Fsp3) is 0.350. The van der Waals surface area contributed by atoms with Crippen LogP contribution < -0.4 is 0 Å². The molecule has 3 aromatic heterocycles. The number of hydrogen-bond donors (Lipinski definition) is 0. The molecule has 1 aliphatic rings. The SMILES string of the molecule is Cc1ncc(-c2cncc([C@H]3CCCN(C(=O)c4ccccn4)C3)n2)n1C. The quantitative estimate of drug-likeness (QED) is 0.716. The molecule has 0 unspecified atom stereocenters. The topological polar surface area (TPSA) is 76.8 Å². The molecular formula is C20H22N6O. The highest BCUT2D eigenvalue weighted by molar-refractivity contribution is 5.92. The summed E-state index contributed by atoms with van der Waals surface area (Å²) in [5.74, 6) is 1.09. The van der Waals surface area contributed by atoms with E-state index in [1.165, 1.54) is 0 Å². The molecule has 4 heterocycles. The van der Waals surface area contributed by atoms with Crippen LogP contribution in [0.25, 0.3) is 11.4 Å². The highest BCUT2D eigenvalue weighted by atomic mass is 16.2. The number of aromatic nitrogens is 5. The molecule has 4 rings (SSSR count). The Labute approximate surface area is 158 Å². The van der Waals surface area contributed by atoms with E-state index in [1.54, 1.807) is 18.5 Å². The summed E-state index contributed by atoms with van der Waals surface area (Å²) in [6, 6.07) is 5.42. The van der Waals surface area contributed by atoms with Crippen molar-refractivity contribution < 1.29 is 4.79 Å². The molecule has 1 fully saturated rings. The van der Waals surface area contributed by atoms with E-state index >= 15 is 0 Å². The number of imidazole rings is 1. The van der Waals surface area contributed by atoms with Crippen LogP contribution in [0, 0.1) is 6.92 Å². The van der Waals surface area contributed by atoms with Crippen LogP contribution in [0.15, 0.2) is 43.0 Å². The third kappa shape index (κ3) is 3.45. The maximum Gasteiger partial charge on any atom is 0.272 e. The van der Waals surface area contributed by atoms with Crippen LogP contribution in [-0.4, -0.2) is 48.4 Å².